The highest BCUT2D eigenvalue weighted by molar-refractivity contribution is 5.54. The van der Waals surface area contributed by atoms with Crippen LogP contribution in [0.4, 0.5) is 11.8 Å². The topological polar surface area (TPSA) is 84.2 Å². The SMILES string of the molecule is CC(C)[C@H]1CN(c2nc(NC3CCCn4cnnc43)nc3c2COCC3)CCN1C. The normalized spacial score (nSPS) is 24.6. The summed E-state index contributed by atoms with van der Waals surface area (Å²) in [5.41, 5.74) is 2.27. The van der Waals surface area contributed by atoms with E-state index in [4.69, 9.17) is 14.7 Å². The van der Waals surface area contributed by atoms with Gasteiger partial charge in [-0.05, 0) is 25.8 Å². The average Bonchev–Trinajstić information content (AvgIpc) is 3.23. The molecule has 3 aliphatic rings. The number of anilines is 2. The maximum atomic E-state index is 5.79. The summed E-state index contributed by atoms with van der Waals surface area (Å²) in [6.45, 7) is 9.89. The average molecular weight is 413 g/mol. The second-order valence-corrected chi connectivity index (χ2v) is 9.06. The first kappa shape index (κ1) is 19.7. The van der Waals surface area contributed by atoms with Crippen molar-refractivity contribution in [3.8, 4) is 0 Å². The van der Waals surface area contributed by atoms with E-state index in [9.17, 15) is 0 Å². The highest BCUT2D eigenvalue weighted by Crippen LogP contribution is 2.31. The summed E-state index contributed by atoms with van der Waals surface area (Å²) >= 11 is 0. The summed E-state index contributed by atoms with van der Waals surface area (Å²) < 4.78 is 7.92. The fourth-order valence-corrected chi connectivity index (χ4v) is 4.95. The van der Waals surface area contributed by atoms with Crippen LogP contribution in [-0.4, -0.2) is 69.0 Å². The lowest BCUT2D eigenvalue weighted by atomic mass is 9.99. The lowest BCUT2D eigenvalue weighted by molar-refractivity contribution is 0.108. The Bertz CT molecular complexity index is 897. The van der Waals surface area contributed by atoms with Gasteiger partial charge in [0.2, 0.25) is 5.95 Å². The standard InChI is InChI=1S/C21H32N8O/c1-14(2)18-11-28(9-8-27(18)3)19-15-12-30-10-6-16(15)23-21(25-19)24-17-5-4-7-29-13-22-26-20(17)29/h13-14,17-18H,4-12H2,1-3H3,(H,23,24,25)/t17?,18-/m1/s1. The molecule has 0 amide bonds. The molecule has 3 aliphatic heterocycles. The van der Waals surface area contributed by atoms with Crippen molar-refractivity contribution < 1.29 is 4.74 Å². The van der Waals surface area contributed by atoms with Crippen LogP contribution >= 0.6 is 0 Å². The van der Waals surface area contributed by atoms with Gasteiger partial charge in [-0.15, -0.1) is 10.2 Å². The van der Waals surface area contributed by atoms with Gasteiger partial charge in [0.05, 0.1) is 24.9 Å². The maximum Gasteiger partial charge on any atom is 0.225 e. The number of nitrogens with zero attached hydrogens (tertiary/aromatic N) is 7. The van der Waals surface area contributed by atoms with Gasteiger partial charge in [-0.1, -0.05) is 13.8 Å². The van der Waals surface area contributed by atoms with E-state index < -0.39 is 0 Å². The summed E-state index contributed by atoms with van der Waals surface area (Å²) in [4.78, 5) is 14.8. The van der Waals surface area contributed by atoms with Crippen molar-refractivity contribution in [2.45, 2.75) is 58.3 Å². The van der Waals surface area contributed by atoms with E-state index in [1.165, 1.54) is 0 Å². The van der Waals surface area contributed by atoms with Crippen LogP contribution in [0.2, 0.25) is 0 Å². The molecule has 1 fully saturated rings. The Kier molecular flexibility index (Phi) is 5.32. The number of ether oxygens (including phenoxy) is 1. The molecule has 0 bridgehead atoms. The fraction of sp³-hybridized carbons (Fsp3) is 0.714. The minimum Gasteiger partial charge on any atom is -0.376 e. The molecular weight excluding hydrogens is 380 g/mol. The first-order valence-electron chi connectivity index (χ1n) is 11.2. The molecule has 2 atom stereocenters. The number of rotatable bonds is 4. The first-order valence-corrected chi connectivity index (χ1v) is 11.2. The second kappa shape index (κ2) is 8.11. The summed E-state index contributed by atoms with van der Waals surface area (Å²) in [7, 11) is 2.23. The summed E-state index contributed by atoms with van der Waals surface area (Å²) in [5, 5.41) is 12.0. The van der Waals surface area contributed by atoms with Crippen molar-refractivity contribution in [1.82, 2.24) is 29.6 Å². The number of fused-ring (bicyclic) bond motifs is 2. The Morgan fingerprint density at radius 1 is 1.20 bits per heavy atom. The van der Waals surface area contributed by atoms with E-state index in [0.29, 0.717) is 24.5 Å². The lowest BCUT2D eigenvalue weighted by Crippen LogP contribution is -2.54. The minimum absolute atomic E-state index is 0.0999. The molecule has 5 rings (SSSR count). The molecule has 0 aromatic carbocycles. The van der Waals surface area contributed by atoms with Crippen molar-refractivity contribution in [3.05, 3.63) is 23.4 Å². The van der Waals surface area contributed by atoms with Crippen LogP contribution in [0, 0.1) is 5.92 Å². The molecule has 2 aromatic rings. The number of likely N-dealkylation sites (N-methyl/N-ethyl adjacent to an activating group) is 1. The smallest absolute Gasteiger partial charge is 0.225 e. The molecule has 2 aromatic heterocycles. The van der Waals surface area contributed by atoms with Crippen molar-refractivity contribution in [2.24, 2.45) is 5.92 Å². The molecule has 5 heterocycles. The van der Waals surface area contributed by atoms with Crippen molar-refractivity contribution in [1.29, 1.82) is 0 Å². The number of piperazine rings is 1. The van der Waals surface area contributed by atoms with Gasteiger partial charge >= 0.3 is 0 Å². The predicted octanol–water partition coefficient (Wildman–Crippen LogP) is 1.86. The molecule has 30 heavy (non-hydrogen) atoms. The zero-order valence-corrected chi connectivity index (χ0v) is 18.2. The molecule has 0 aliphatic carbocycles. The Balaban J connectivity index is 1.46. The predicted molar refractivity (Wildman–Crippen MR) is 114 cm³/mol. The zero-order valence-electron chi connectivity index (χ0n) is 18.2. The zero-order chi connectivity index (χ0) is 20.7. The molecule has 0 radical (unpaired) electrons. The van der Waals surface area contributed by atoms with Gasteiger partial charge in [0, 0.05) is 44.2 Å². The second-order valence-electron chi connectivity index (χ2n) is 9.06. The van der Waals surface area contributed by atoms with E-state index in [2.05, 4.69) is 50.8 Å². The Labute approximate surface area is 177 Å². The van der Waals surface area contributed by atoms with Gasteiger partial charge in [0.1, 0.15) is 12.1 Å². The molecule has 1 unspecified atom stereocenters. The van der Waals surface area contributed by atoms with Gasteiger partial charge in [-0.2, -0.15) is 4.98 Å². The van der Waals surface area contributed by atoms with E-state index in [0.717, 1.165) is 74.9 Å². The molecule has 9 heteroatoms. The Hall–Kier alpha value is -2.26. The number of nitrogens with one attached hydrogen (secondary N) is 1. The summed E-state index contributed by atoms with van der Waals surface area (Å²) in [6.07, 6.45) is 4.77. The Morgan fingerprint density at radius 2 is 2.10 bits per heavy atom. The molecule has 0 saturated carbocycles. The van der Waals surface area contributed by atoms with Crippen LogP contribution in [0.25, 0.3) is 0 Å². The maximum absolute atomic E-state index is 5.79. The number of hydrogen-bond acceptors (Lipinski definition) is 8. The highest BCUT2D eigenvalue weighted by atomic mass is 16.5. The van der Waals surface area contributed by atoms with Crippen LogP contribution in [0.1, 0.15) is 49.8 Å². The van der Waals surface area contributed by atoms with Crippen molar-refractivity contribution in [2.75, 3.05) is 43.5 Å². The third-order valence-corrected chi connectivity index (χ3v) is 6.72. The van der Waals surface area contributed by atoms with Crippen molar-refractivity contribution >= 4 is 11.8 Å². The van der Waals surface area contributed by atoms with E-state index in [-0.39, 0.29) is 6.04 Å². The van der Waals surface area contributed by atoms with Crippen LogP contribution in [0.5, 0.6) is 0 Å². The van der Waals surface area contributed by atoms with Gasteiger partial charge < -0.3 is 19.5 Å². The van der Waals surface area contributed by atoms with E-state index >= 15 is 0 Å². The number of aryl methyl sites for hydroxylation is 1. The van der Waals surface area contributed by atoms with Crippen molar-refractivity contribution in [3.63, 3.8) is 0 Å². The monoisotopic (exact) mass is 412 g/mol. The Morgan fingerprint density at radius 3 is 2.97 bits per heavy atom. The highest BCUT2D eigenvalue weighted by Gasteiger charge is 2.31. The van der Waals surface area contributed by atoms with Gasteiger partial charge in [0.15, 0.2) is 5.82 Å². The minimum atomic E-state index is 0.0999. The van der Waals surface area contributed by atoms with Crippen LogP contribution in [-0.2, 0) is 24.3 Å². The molecule has 1 saturated heterocycles. The number of hydrogen-bond donors (Lipinski definition) is 1. The van der Waals surface area contributed by atoms with Gasteiger partial charge in [0.25, 0.3) is 0 Å². The lowest BCUT2D eigenvalue weighted by Gasteiger charge is -2.43. The summed E-state index contributed by atoms with van der Waals surface area (Å²) in [6, 6.07) is 0.616. The first-order chi connectivity index (χ1) is 14.6. The van der Waals surface area contributed by atoms with Crippen LogP contribution in [0.15, 0.2) is 6.33 Å². The molecule has 0 spiro atoms. The third-order valence-electron chi connectivity index (χ3n) is 6.72. The largest absolute Gasteiger partial charge is 0.376 e. The molecular formula is C21H32N8O. The molecule has 162 valence electrons. The summed E-state index contributed by atoms with van der Waals surface area (Å²) in [5.74, 6) is 3.31. The fourth-order valence-electron chi connectivity index (χ4n) is 4.95. The van der Waals surface area contributed by atoms with Gasteiger partial charge in [-0.3, -0.25) is 4.90 Å². The molecule has 1 N–H and O–H groups in total. The number of aromatic nitrogens is 5. The molecule has 9 nitrogen and oxygen atoms in total. The van der Waals surface area contributed by atoms with Crippen LogP contribution < -0.4 is 10.2 Å². The van der Waals surface area contributed by atoms with E-state index in [1.807, 2.05) is 6.33 Å². The van der Waals surface area contributed by atoms with E-state index in [1.54, 1.807) is 0 Å². The quantitative estimate of drug-likeness (QED) is 0.815. The van der Waals surface area contributed by atoms with Gasteiger partial charge in [-0.25, -0.2) is 4.98 Å². The van der Waals surface area contributed by atoms with Crippen LogP contribution in [0.3, 0.4) is 0 Å². The third kappa shape index (κ3) is 3.65.